The fourth-order valence-corrected chi connectivity index (χ4v) is 4.62. The SMILES string of the molecule is COC(=O)N(Cc1cc(C(F)(F)F)cc(C(F)(F)F)c1)C1CC(C)N(C(=O)OCC(C)C)c2ccc(C(F)(F)F)cc21. The fraction of sp³-hybridized carbons (Fsp3) is 0.481. The summed E-state index contributed by atoms with van der Waals surface area (Å²) in [6.07, 6.45) is -17.5. The van der Waals surface area contributed by atoms with Gasteiger partial charge in [0.1, 0.15) is 0 Å². The second kappa shape index (κ2) is 11.9. The van der Waals surface area contributed by atoms with Crippen molar-refractivity contribution in [3.05, 3.63) is 64.2 Å². The van der Waals surface area contributed by atoms with Crippen LogP contribution in [0.3, 0.4) is 0 Å². The Morgan fingerprint density at radius 1 is 0.905 bits per heavy atom. The van der Waals surface area contributed by atoms with Crippen LogP contribution in [0.4, 0.5) is 54.8 Å². The van der Waals surface area contributed by atoms with Gasteiger partial charge in [0.05, 0.1) is 42.1 Å². The molecule has 15 heteroatoms. The zero-order valence-electron chi connectivity index (χ0n) is 22.7. The summed E-state index contributed by atoms with van der Waals surface area (Å²) < 4.78 is 132. The molecule has 2 atom stereocenters. The van der Waals surface area contributed by atoms with Crippen molar-refractivity contribution in [2.75, 3.05) is 18.6 Å². The number of benzene rings is 2. The number of ether oxygens (including phenoxy) is 2. The lowest BCUT2D eigenvalue weighted by molar-refractivity contribution is -0.143. The number of halogens is 9. The molecule has 0 saturated heterocycles. The Labute approximate surface area is 235 Å². The number of fused-ring (bicyclic) bond motifs is 1. The molecule has 42 heavy (non-hydrogen) atoms. The van der Waals surface area contributed by atoms with Gasteiger partial charge in [-0.2, -0.15) is 39.5 Å². The molecule has 3 rings (SSSR count). The van der Waals surface area contributed by atoms with Gasteiger partial charge in [-0.05, 0) is 66.8 Å². The quantitative estimate of drug-likeness (QED) is 0.317. The first kappa shape index (κ1) is 32.9. The Morgan fingerprint density at radius 2 is 1.45 bits per heavy atom. The summed E-state index contributed by atoms with van der Waals surface area (Å²) >= 11 is 0. The summed E-state index contributed by atoms with van der Waals surface area (Å²) in [6.45, 7) is 4.14. The molecule has 0 N–H and O–H groups in total. The summed E-state index contributed by atoms with van der Waals surface area (Å²) in [7, 11) is 0.900. The number of methoxy groups -OCH3 is 1. The Bertz CT molecular complexity index is 1270. The number of hydrogen-bond acceptors (Lipinski definition) is 4. The summed E-state index contributed by atoms with van der Waals surface area (Å²) in [5, 5.41) is 0. The lowest BCUT2D eigenvalue weighted by Gasteiger charge is -2.42. The van der Waals surface area contributed by atoms with E-state index in [1.54, 1.807) is 13.8 Å². The third-order valence-electron chi connectivity index (χ3n) is 6.50. The Morgan fingerprint density at radius 3 is 1.93 bits per heavy atom. The summed E-state index contributed by atoms with van der Waals surface area (Å²) in [5.41, 5.74) is -5.31. The third kappa shape index (κ3) is 7.40. The molecule has 1 heterocycles. The van der Waals surface area contributed by atoms with Gasteiger partial charge in [0, 0.05) is 12.6 Å². The zero-order chi connectivity index (χ0) is 31.8. The van der Waals surface area contributed by atoms with E-state index in [0.717, 1.165) is 23.0 Å². The minimum absolute atomic E-state index is 0.00712. The highest BCUT2D eigenvalue weighted by Crippen LogP contribution is 2.45. The van der Waals surface area contributed by atoms with Crippen molar-refractivity contribution in [1.29, 1.82) is 0 Å². The van der Waals surface area contributed by atoms with Gasteiger partial charge in [0.15, 0.2) is 0 Å². The molecule has 0 aromatic heterocycles. The zero-order valence-corrected chi connectivity index (χ0v) is 22.7. The normalized spacial score (nSPS) is 17.6. The molecule has 0 fully saturated rings. The first-order valence-corrected chi connectivity index (χ1v) is 12.5. The summed E-state index contributed by atoms with van der Waals surface area (Å²) in [4.78, 5) is 27.7. The van der Waals surface area contributed by atoms with Crippen molar-refractivity contribution in [3.8, 4) is 0 Å². The third-order valence-corrected chi connectivity index (χ3v) is 6.50. The lowest BCUT2D eigenvalue weighted by atomic mass is 9.89. The van der Waals surface area contributed by atoms with Crippen molar-refractivity contribution < 1.29 is 58.6 Å². The number of carbonyl (C=O) groups excluding carboxylic acids is 2. The van der Waals surface area contributed by atoms with Crippen LogP contribution in [0.5, 0.6) is 0 Å². The smallest absolute Gasteiger partial charge is 0.416 e. The van der Waals surface area contributed by atoms with E-state index in [1.807, 2.05) is 0 Å². The van der Waals surface area contributed by atoms with Crippen molar-refractivity contribution in [1.82, 2.24) is 4.90 Å². The highest BCUT2D eigenvalue weighted by Gasteiger charge is 2.42. The molecule has 0 radical (unpaired) electrons. The van der Waals surface area contributed by atoms with Crippen LogP contribution >= 0.6 is 0 Å². The second-order valence-corrected chi connectivity index (χ2v) is 10.2. The van der Waals surface area contributed by atoms with Crippen LogP contribution in [0.2, 0.25) is 0 Å². The molecule has 2 unspecified atom stereocenters. The van der Waals surface area contributed by atoms with E-state index in [0.29, 0.717) is 24.3 Å². The van der Waals surface area contributed by atoms with Crippen molar-refractivity contribution in [3.63, 3.8) is 0 Å². The number of alkyl halides is 9. The van der Waals surface area contributed by atoms with Crippen LogP contribution in [0, 0.1) is 5.92 Å². The molecule has 6 nitrogen and oxygen atoms in total. The predicted molar refractivity (Wildman–Crippen MR) is 131 cm³/mol. The predicted octanol–water partition coefficient (Wildman–Crippen LogP) is 8.44. The molecule has 2 aromatic rings. The van der Waals surface area contributed by atoms with Crippen LogP contribution in [0.15, 0.2) is 36.4 Å². The van der Waals surface area contributed by atoms with E-state index in [1.165, 1.54) is 6.92 Å². The fourth-order valence-electron chi connectivity index (χ4n) is 4.62. The van der Waals surface area contributed by atoms with Crippen LogP contribution in [0.25, 0.3) is 0 Å². The number of nitrogens with zero attached hydrogens (tertiary/aromatic N) is 2. The minimum Gasteiger partial charge on any atom is -0.453 e. The van der Waals surface area contributed by atoms with Crippen molar-refractivity contribution >= 4 is 17.9 Å². The molecule has 1 aliphatic rings. The number of amides is 2. The number of carbonyl (C=O) groups is 2. The maximum absolute atomic E-state index is 13.7. The molecule has 2 aromatic carbocycles. The minimum atomic E-state index is -5.17. The van der Waals surface area contributed by atoms with Crippen LogP contribution < -0.4 is 4.90 Å². The van der Waals surface area contributed by atoms with Gasteiger partial charge < -0.3 is 9.47 Å². The molecular formula is C27H27F9N2O4. The van der Waals surface area contributed by atoms with E-state index in [2.05, 4.69) is 0 Å². The Balaban J connectivity index is 2.18. The van der Waals surface area contributed by atoms with Gasteiger partial charge in [0.25, 0.3) is 0 Å². The highest BCUT2D eigenvalue weighted by atomic mass is 19.4. The van der Waals surface area contributed by atoms with Crippen molar-refractivity contribution in [2.24, 2.45) is 5.92 Å². The van der Waals surface area contributed by atoms with E-state index in [-0.39, 0.29) is 36.3 Å². The topological polar surface area (TPSA) is 59.1 Å². The molecule has 0 aliphatic carbocycles. The maximum Gasteiger partial charge on any atom is 0.416 e. The molecule has 1 aliphatic heterocycles. The first-order chi connectivity index (χ1) is 19.2. The highest BCUT2D eigenvalue weighted by molar-refractivity contribution is 5.90. The van der Waals surface area contributed by atoms with E-state index in [4.69, 9.17) is 9.47 Å². The Kier molecular flexibility index (Phi) is 9.32. The van der Waals surface area contributed by atoms with Crippen LogP contribution in [-0.4, -0.2) is 36.8 Å². The van der Waals surface area contributed by atoms with E-state index >= 15 is 0 Å². The van der Waals surface area contributed by atoms with E-state index in [9.17, 15) is 49.1 Å². The number of hydrogen-bond donors (Lipinski definition) is 0. The average molecular weight is 615 g/mol. The van der Waals surface area contributed by atoms with Gasteiger partial charge in [-0.3, -0.25) is 9.80 Å². The number of rotatable bonds is 5. The molecular weight excluding hydrogens is 587 g/mol. The Hall–Kier alpha value is -3.65. The molecule has 0 spiro atoms. The van der Waals surface area contributed by atoms with Gasteiger partial charge in [-0.15, -0.1) is 0 Å². The first-order valence-electron chi connectivity index (χ1n) is 12.5. The molecule has 0 saturated carbocycles. The summed E-state index contributed by atoms with van der Waals surface area (Å²) in [5.74, 6) is -0.0715. The van der Waals surface area contributed by atoms with Gasteiger partial charge in [-0.25, -0.2) is 9.59 Å². The maximum atomic E-state index is 13.7. The summed E-state index contributed by atoms with van der Waals surface area (Å²) in [6, 6.07) is 0.972. The number of anilines is 1. The molecule has 2 amide bonds. The van der Waals surface area contributed by atoms with Gasteiger partial charge in [-0.1, -0.05) is 13.8 Å². The largest absolute Gasteiger partial charge is 0.453 e. The standard InChI is InChI=1S/C27H27F9N2O4/c1-14(2)13-42-24(40)38-15(3)7-22(20-11-17(25(28,29)30)5-6-21(20)38)37(23(39)41-4)12-16-8-18(26(31,32)33)10-19(9-16)27(34,35)36/h5-6,8-11,14-15,22H,7,12-13H2,1-4H3. The van der Waals surface area contributed by atoms with Crippen molar-refractivity contribution in [2.45, 2.75) is 64.3 Å². The van der Waals surface area contributed by atoms with Crippen LogP contribution in [0.1, 0.15) is 61.1 Å². The monoisotopic (exact) mass is 614 g/mol. The van der Waals surface area contributed by atoms with E-state index < -0.39 is 71.6 Å². The average Bonchev–Trinajstić information content (AvgIpc) is 2.87. The molecule has 0 bridgehead atoms. The lowest BCUT2D eigenvalue weighted by Crippen LogP contribution is -2.48. The second-order valence-electron chi connectivity index (χ2n) is 10.2. The molecule has 232 valence electrons. The van der Waals surface area contributed by atoms with Gasteiger partial charge in [0.2, 0.25) is 0 Å². The van der Waals surface area contributed by atoms with Gasteiger partial charge >= 0.3 is 30.7 Å². The van der Waals surface area contributed by atoms with Crippen LogP contribution in [-0.2, 0) is 34.5 Å².